The molecule has 192 valence electrons. The second kappa shape index (κ2) is 12.6. The van der Waals surface area contributed by atoms with Gasteiger partial charge in [-0.3, -0.25) is 4.79 Å². The number of nitrogens with zero attached hydrogens (tertiary/aromatic N) is 1. The minimum atomic E-state index is -0.525. The van der Waals surface area contributed by atoms with E-state index in [0.717, 1.165) is 21.9 Å². The molecule has 0 saturated heterocycles. The van der Waals surface area contributed by atoms with Gasteiger partial charge in [-0.15, -0.1) is 0 Å². The van der Waals surface area contributed by atoms with Gasteiger partial charge in [0.2, 0.25) is 0 Å². The van der Waals surface area contributed by atoms with E-state index in [1.807, 2.05) is 56.3 Å². The zero-order valence-corrected chi connectivity index (χ0v) is 25.4. The second-order valence-corrected chi connectivity index (χ2v) is 11.0. The number of anilines is 1. The van der Waals surface area contributed by atoms with E-state index < -0.39 is 5.91 Å². The average Bonchev–Trinajstić information content (AvgIpc) is 2.89. The first kappa shape index (κ1) is 27.9. The van der Waals surface area contributed by atoms with Crippen molar-refractivity contribution in [1.29, 1.82) is 5.26 Å². The fraction of sp³-hybridized carbons (Fsp3) is 0.133. The number of aryl methyl sites for hydroxylation is 1. The molecule has 0 unspecified atom stereocenters. The summed E-state index contributed by atoms with van der Waals surface area (Å²) in [6, 6.07) is 23.6. The smallest absolute Gasteiger partial charge is 0.266 e. The number of ether oxygens (including phenoxy) is 2. The number of carbonyl (C=O) groups excluding carboxylic acids is 1. The van der Waals surface area contributed by atoms with Gasteiger partial charge >= 0.3 is 0 Å². The van der Waals surface area contributed by atoms with Crippen LogP contribution in [0, 0.1) is 18.3 Å². The predicted molar refractivity (Wildman–Crippen MR) is 162 cm³/mol. The molecule has 4 aromatic rings. The van der Waals surface area contributed by atoms with Crippen LogP contribution < -0.4 is 14.8 Å². The van der Waals surface area contributed by atoms with Gasteiger partial charge in [0, 0.05) is 8.95 Å². The highest BCUT2D eigenvalue weighted by molar-refractivity contribution is 9.11. The number of nitriles is 1. The third kappa shape index (κ3) is 6.47. The first-order valence-electron chi connectivity index (χ1n) is 11.7. The molecule has 1 N–H and O–H groups in total. The Balaban J connectivity index is 1.61. The fourth-order valence-corrected chi connectivity index (χ4v) is 6.15. The van der Waals surface area contributed by atoms with Crippen LogP contribution in [-0.4, -0.2) is 12.5 Å². The summed E-state index contributed by atoms with van der Waals surface area (Å²) in [5, 5.41) is 14.8. The van der Waals surface area contributed by atoms with Gasteiger partial charge in [-0.2, -0.15) is 5.26 Å². The van der Waals surface area contributed by atoms with Crippen molar-refractivity contribution < 1.29 is 14.3 Å². The van der Waals surface area contributed by atoms with E-state index in [1.165, 1.54) is 6.08 Å². The van der Waals surface area contributed by atoms with Gasteiger partial charge in [-0.25, -0.2) is 0 Å². The van der Waals surface area contributed by atoms with Crippen molar-refractivity contribution in [2.45, 2.75) is 20.5 Å². The molecular formula is C30H23Br3N2O3. The Morgan fingerprint density at radius 1 is 0.974 bits per heavy atom. The van der Waals surface area contributed by atoms with Crippen LogP contribution in [0.4, 0.5) is 5.69 Å². The van der Waals surface area contributed by atoms with Crippen LogP contribution in [0.15, 0.2) is 85.7 Å². The topological polar surface area (TPSA) is 71.3 Å². The Bertz CT molecular complexity index is 1560. The number of nitrogens with one attached hydrogen (secondary N) is 1. The number of rotatable bonds is 8. The summed E-state index contributed by atoms with van der Waals surface area (Å²) in [5.74, 6) is 0.533. The molecule has 0 spiro atoms. The molecule has 0 bridgehead atoms. The van der Waals surface area contributed by atoms with E-state index in [0.29, 0.717) is 49.4 Å². The lowest BCUT2D eigenvalue weighted by Gasteiger charge is -2.16. The number of carbonyl (C=O) groups is 1. The monoisotopic (exact) mass is 696 g/mol. The standard InChI is InChI=1S/C30H23Br3N2O3/c1-3-37-27-15-19(13-22(16-34)30(36)35-28-24(31)11-18(2)12-25(28)32)14-26(33)29(27)38-17-21-9-6-8-20-7-4-5-10-23(20)21/h4-15H,3,17H2,1-2H3,(H,35,36)/b22-13+. The van der Waals surface area contributed by atoms with Crippen LogP contribution >= 0.6 is 47.8 Å². The summed E-state index contributed by atoms with van der Waals surface area (Å²) in [7, 11) is 0. The molecule has 0 heterocycles. The molecule has 0 aliphatic heterocycles. The van der Waals surface area contributed by atoms with Crippen molar-refractivity contribution in [2.24, 2.45) is 0 Å². The first-order chi connectivity index (χ1) is 18.3. The predicted octanol–water partition coefficient (Wildman–Crippen LogP) is 8.96. The molecule has 1 amide bonds. The molecule has 4 aromatic carbocycles. The maximum absolute atomic E-state index is 13.0. The van der Waals surface area contributed by atoms with Crippen molar-refractivity contribution >= 4 is 76.2 Å². The lowest BCUT2D eigenvalue weighted by Crippen LogP contribution is -2.14. The number of hydrogen-bond donors (Lipinski definition) is 1. The number of halogens is 3. The summed E-state index contributed by atoms with van der Waals surface area (Å²) in [4.78, 5) is 13.0. The van der Waals surface area contributed by atoms with Gasteiger partial charge < -0.3 is 14.8 Å². The van der Waals surface area contributed by atoms with Crippen LogP contribution in [0.2, 0.25) is 0 Å². The maximum Gasteiger partial charge on any atom is 0.266 e. The summed E-state index contributed by atoms with van der Waals surface area (Å²) >= 11 is 10.5. The molecule has 0 aliphatic carbocycles. The van der Waals surface area contributed by atoms with Crippen LogP contribution in [0.25, 0.3) is 16.8 Å². The molecule has 0 fully saturated rings. The van der Waals surface area contributed by atoms with E-state index in [4.69, 9.17) is 9.47 Å². The van der Waals surface area contributed by atoms with Crippen molar-refractivity contribution in [2.75, 3.05) is 11.9 Å². The molecule has 0 aliphatic rings. The summed E-state index contributed by atoms with van der Waals surface area (Å²) in [6.45, 7) is 4.61. The van der Waals surface area contributed by atoms with E-state index in [-0.39, 0.29) is 5.57 Å². The van der Waals surface area contributed by atoms with Gasteiger partial charge in [-0.05, 0) is 119 Å². The largest absolute Gasteiger partial charge is 0.490 e. The summed E-state index contributed by atoms with van der Waals surface area (Å²) < 4.78 is 14.2. The zero-order chi connectivity index (χ0) is 27.2. The highest BCUT2D eigenvalue weighted by Crippen LogP contribution is 2.39. The van der Waals surface area contributed by atoms with Gasteiger partial charge in [0.15, 0.2) is 11.5 Å². The van der Waals surface area contributed by atoms with E-state index >= 15 is 0 Å². The molecule has 5 nitrogen and oxygen atoms in total. The number of benzene rings is 4. The minimum Gasteiger partial charge on any atom is -0.490 e. The van der Waals surface area contributed by atoms with Gasteiger partial charge in [0.25, 0.3) is 5.91 Å². The Morgan fingerprint density at radius 2 is 1.68 bits per heavy atom. The van der Waals surface area contributed by atoms with E-state index in [1.54, 1.807) is 12.1 Å². The molecule has 0 saturated carbocycles. The lowest BCUT2D eigenvalue weighted by molar-refractivity contribution is -0.112. The Kier molecular flexibility index (Phi) is 9.26. The van der Waals surface area contributed by atoms with Crippen LogP contribution in [0.5, 0.6) is 11.5 Å². The van der Waals surface area contributed by atoms with Crippen molar-refractivity contribution in [1.82, 2.24) is 0 Å². The van der Waals surface area contributed by atoms with Crippen molar-refractivity contribution in [3.63, 3.8) is 0 Å². The molecular weight excluding hydrogens is 676 g/mol. The normalized spacial score (nSPS) is 11.2. The van der Waals surface area contributed by atoms with Crippen molar-refractivity contribution in [3.8, 4) is 17.6 Å². The molecule has 8 heteroatoms. The number of amides is 1. The third-order valence-corrected chi connectivity index (χ3v) is 7.52. The molecule has 0 radical (unpaired) electrons. The Labute approximate surface area is 246 Å². The highest BCUT2D eigenvalue weighted by Gasteiger charge is 2.17. The van der Waals surface area contributed by atoms with Crippen molar-refractivity contribution in [3.05, 3.63) is 102 Å². The molecule has 0 aromatic heterocycles. The fourth-order valence-electron chi connectivity index (χ4n) is 3.96. The molecule has 4 rings (SSSR count). The van der Waals surface area contributed by atoms with Gasteiger partial charge in [0.05, 0.1) is 16.8 Å². The Hall–Kier alpha value is -3.12. The van der Waals surface area contributed by atoms with Gasteiger partial charge in [-0.1, -0.05) is 42.5 Å². The minimum absolute atomic E-state index is 0.0526. The summed E-state index contributed by atoms with van der Waals surface area (Å²) in [6.07, 6.45) is 1.52. The summed E-state index contributed by atoms with van der Waals surface area (Å²) in [5.41, 5.74) is 3.19. The Morgan fingerprint density at radius 3 is 2.39 bits per heavy atom. The van der Waals surface area contributed by atoms with Gasteiger partial charge in [0.1, 0.15) is 18.2 Å². The molecule has 38 heavy (non-hydrogen) atoms. The zero-order valence-electron chi connectivity index (χ0n) is 20.6. The highest BCUT2D eigenvalue weighted by atomic mass is 79.9. The van der Waals surface area contributed by atoms with Crippen LogP contribution in [0.3, 0.4) is 0 Å². The average molecular weight is 699 g/mol. The number of hydrogen-bond acceptors (Lipinski definition) is 4. The quantitative estimate of drug-likeness (QED) is 0.147. The van der Waals surface area contributed by atoms with Crippen LogP contribution in [0.1, 0.15) is 23.6 Å². The second-order valence-electron chi connectivity index (χ2n) is 8.42. The first-order valence-corrected chi connectivity index (χ1v) is 14.1. The lowest BCUT2D eigenvalue weighted by atomic mass is 10.1. The third-order valence-electron chi connectivity index (χ3n) is 5.68. The van der Waals surface area contributed by atoms with E-state index in [2.05, 4.69) is 71.3 Å². The van der Waals surface area contributed by atoms with E-state index in [9.17, 15) is 10.1 Å². The van der Waals surface area contributed by atoms with Crippen LogP contribution in [-0.2, 0) is 11.4 Å². The SMILES string of the molecule is CCOc1cc(/C=C(\C#N)C(=O)Nc2c(Br)cc(C)cc2Br)cc(Br)c1OCc1cccc2ccccc12. The molecule has 0 atom stereocenters. The maximum atomic E-state index is 13.0. The number of fused-ring (bicyclic) bond motifs is 1.